The Kier molecular flexibility index (Phi) is 7.17. The quantitative estimate of drug-likeness (QED) is 0.605. The summed E-state index contributed by atoms with van der Waals surface area (Å²) in [6, 6.07) is 6.07. The molecular formula is C17H26BrN3O2. The summed E-state index contributed by atoms with van der Waals surface area (Å²) in [6.07, 6.45) is 1.16. The lowest BCUT2D eigenvalue weighted by molar-refractivity contribution is 0.157. The van der Waals surface area contributed by atoms with E-state index in [1.807, 2.05) is 12.1 Å². The zero-order valence-corrected chi connectivity index (χ0v) is 15.7. The third kappa shape index (κ3) is 5.11. The predicted octanol–water partition coefficient (Wildman–Crippen LogP) is 2.89. The molecule has 1 atom stereocenters. The van der Waals surface area contributed by atoms with Crippen LogP contribution in [-0.4, -0.2) is 51.3 Å². The number of hydrogen-bond acceptors (Lipinski definition) is 3. The van der Waals surface area contributed by atoms with Crippen LogP contribution in [-0.2, 0) is 11.3 Å². The molecule has 23 heavy (non-hydrogen) atoms. The monoisotopic (exact) mass is 383 g/mol. The molecule has 0 spiro atoms. The van der Waals surface area contributed by atoms with Crippen molar-refractivity contribution in [2.45, 2.75) is 19.9 Å². The van der Waals surface area contributed by atoms with E-state index in [0.29, 0.717) is 12.5 Å². The highest BCUT2D eigenvalue weighted by atomic mass is 79.9. The summed E-state index contributed by atoms with van der Waals surface area (Å²) < 4.78 is 11.5. The van der Waals surface area contributed by atoms with Crippen LogP contribution in [0, 0.1) is 5.92 Å². The van der Waals surface area contributed by atoms with Crippen LogP contribution in [0.5, 0.6) is 5.75 Å². The Labute approximate surface area is 147 Å². The summed E-state index contributed by atoms with van der Waals surface area (Å²) >= 11 is 3.52. The molecule has 1 aromatic carbocycles. The average Bonchev–Trinajstić information content (AvgIpc) is 3.00. The Balaban J connectivity index is 2.03. The fraction of sp³-hybridized carbons (Fsp3) is 0.588. The van der Waals surface area contributed by atoms with Crippen molar-refractivity contribution in [1.82, 2.24) is 10.2 Å². The molecule has 6 heteroatoms. The predicted molar refractivity (Wildman–Crippen MR) is 97.1 cm³/mol. The maximum Gasteiger partial charge on any atom is 0.194 e. The zero-order valence-electron chi connectivity index (χ0n) is 14.1. The maximum atomic E-state index is 5.27. The first kappa shape index (κ1) is 18.1. The summed E-state index contributed by atoms with van der Waals surface area (Å²) in [5.74, 6) is 2.42. The topological polar surface area (TPSA) is 46.1 Å². The molecule has 1 N–H and O–H groups in total. The first-order valence-electron chi connectivity index (χ1n) is 8.02. The molecular weight excluding hydrogens is 358 g/mol. The van der Waals surface area contributed by atoms with Crippen molar-refractivity contribution in [2.75, 3.05) is 40.5 Å². The number of likely N-dealkylation sites (tertiary alicyclic amines) is 1. The lowest BCUT2D eigenvalue weighted by Gasteiger charge is -2.21. The standard InChI is InChI=1S/C17H26BrN3O2/c1-4-19-17(21-8-7-14(11-21)12-22-2)20-10-13-5-6-16(23-3)15(18)9-13/h5-6,9,14H,4,7-8,10-12H2,1-3H3,(H,19,20). The number of aliphatic imine (C=N–C) groups is 1. The minimum Gasteiger partial charge on any atom is -0.496 e. The van der Waals surface area contributed by atoms with E-state index in [4.69, 9.17) is 14.5 Å². The summed E-state index contributed by atoms with van der Waals surface area (Å²) in [6.45, 7) is 6.48. The fourth-order valence-corrected chi connectivity index (χ4v) is 3.39. The highest BCUT2D eigenvalue weighted by Gasteiger charge is 2.24. The molecule has 1 unspecified atom stereocenters. The molecule has 2 rings (SSSR count). The van der Waals surface area contributed by atoms with E-state index in [0.717, 1.165) is 54.4 Å². The normalized spacial score (nSPS) is 18.3. The molecule has 0 amide bonds. The number of nitrogens with zero attached hydrogens (tertiary/aromatic N) is 2. The minimum atomic E-state index is 0.596. The van der Waals surface area contributed by atoms with Crippen molar-refractivity contribution in [3.05, 3.63) is 28.2 Å². The summed E-state index contributed by atoms with van der Waals surface area (Å²) in [5.41, 5.74) is 1.15. The molecule has 1 aromatic rings. The molecule has 0 bridgehead atoms. The Morgan fingerprint density at radius 3 is 2.91 bits per heavy atom. The molecule has 1 heterocycles. The molecule has 0 radical (unpaired) electrons. The van der Waals surface area contributed by atoms with Gasteiger partial charge in [-0.1, -0.05) is 6.07 Å². The van der Waals surface area contributed by atoms with Gasteiger partial charge in [-0.05, 0) is 47.0 Å². The molecule has 1 aliphatic rings. The summed E-state index contributed by atoms with van der Waals surface area (Å²) in [5, 5.41) is 3.39. The van der Waals surface area contributed by atoms with Gasteiger partial charge in [0.25, 0.3) is 0 Å². The lowest BCUT2D eigenvalue weighted by atomic mass is 10.1. The van der Waals surface area contributed by atoms with E-state index >= 15 is 0 Å². The molecule has 128 valence electrons. The summed E-state index contributed by atoms with van der Waals surface area (Å²) in [7, 11) is 3.44. The van der Waals surface area contributed by atoms with Crippen molar-refractivity contribution in [2.24, 2.45) is 10.9 Å². The molecule has 5 nitrogen and oxygen atoms in total. The average molecular weight is 384 g/mol. The number of hydrogen-bond donors (Lipinski definition) is 1. The van der Waals surface area contributed by atoms with Gasteiger partial charge in [0.05, 0.1) is 24.7 Å². The second kappa shape index (κ2) is 9.13. The van der Waals surface area contributed by atoms with Crippen LogP contribution in [0.15, 0.2) is 27.7 Å². The van der Waals surface area contributed by atoms with Crippen LogP contribution in [0.2, 0.25) is 0 Å². The maximum absolute atomic E-state index is 5.27. The smallest absolute Gasteiger partial charge is 0.194 e. The molecule has 1 saturated heterocycles. The van der Waals surface area contributed by atoms with E-state index in [2.05, 4.69) is 39.1 Å². The minimum absolute atomic E-state index is 0.596. The molecule has 0 saturated carbocycles. The zero-order chi connectivity index (χ0) is 16.7. The van der Waals surface area contributed by atoms with Gasteiger partial charge >= 0.3 is 0 Å². The van der Waals surface area contributed by atoms with Crippen LogP contribution in [0.3, 0.4) is 0 Å². The van der Waals surface area contributed by atoms with E-state index in [-0.39, 0.29) is 0 Å². The number of methoxy groups -OCH3 is 2. The van der Waals surface area contributed by atoms with Crippen molar-refractivity contribution >= 4 is 21.9 Å². The SMILES string of the molecule is CCNC(=NCc1ccc(OC)c(Br)c1)N1CCC(COC)C1. The van der Waals surface area contributed by atoms with E-state index in [9.17, 15) is 0 Å². The van der Waals surface area contributed by atoms with Gasteiger partial charge in [0.1, 0.15) is 5.75 Å². The Morgan fingerprint density at radius 2 is 2.26 bits per heavy atom. The van der Waals surface area contributed by atoms with Crippen LogP contribution < -0.4 is 10.1 Å². The van der Waals surface area contributed by atoms with E-state index in [1.165, 1.54) is 0 Å². The number of benzene rings is 1. The van der Waals surface area contributed by atoms with Crippen LogP contribution in [0.25, 0.3) is 0 Å². The molecule has 1 fully saturated rings. The number of halogens is 1. The number of rotatable bonds is 6. The molecule has 1 aliphatic heterocycles. The van der Waals surface area contributed by atoms with E-state index < -0.39 is 0 Å². The van der Waals surface area contributed by atoms with Gasteiger partial charge in [0, 0.05) is 32.7 Å². The fourth-order valence-electron chi connectivity index (χ4n) is 2.80. The first-order valence-corrected chi connectivity index (χ1v) is 8.81. The van der Waals surface area contributed by atoms with Gasteiger partial charge in [-0.15, -0.1) is 0 Å². The second-order valence-corrected chi connectivity index (χ2v) is 6.55. The number of nitrogens with one attached hydrogen (secondary N) is 1. The van der Waals surface area contributed by atoms with Crippen LogP contribution in [0.4, 0.5) is 0 Å². The van der Waals surface area contributed by atoms with Gasteiger partial charge in [-0.3, -0.25) is 0 Å². The largest absolute Gasteiger partial charge is 0.496 e. The third-order valence-corrected chi connectivity index (χ3v) is 4.57. The van der Waals surface area contributed by atoms with Gasteiger partial charge < -0.3 is 19.7 Å². The number of ether oxygens (including phenoxy) is 2. The molecule has 0 aliphatic carbocycles. The van der Waals surface area contributed by atoms with Gasteiger partial charge in [-0.2, -0.15) is 0 Å². The Bertz CT molecular complexity index is 537. The van der Waals surface area contributed by atoms with Gasteiger partial charge in [-0.25, -0.2) is 4.99 Å². The lowest BCUT2D eigenvalue weighted by Crippen LogP contribution is -2.40. The van der Waals surface area contributed by atoms with Gasteiger partial charge in [0.15, 0.2) is 5.96 Å². The number of guanidine groups is 1. The van der Waals surface area contributed by atoms with Crippen molar-refractivity contribution < 1.29 is 9.47 Å². The Hall–Kier alpha value is -1.27. The highest BCUT2D eigenvalue weighted by Crippen LogP contribution is 2.26. The van der Waals surface area contributed by atoms with Crippen molar-refractivity contribution in [3.8, 4) is 5.75 Å². The van der Waals surface area contributed by atoms with Crippen LogP contribution in [0.1, 0.15) is 18.9 Å². The van der Waals surface area contributed by atoms with Gasteiger partial charge in [0.2, 0.25) is 0 Å². The Morgan fingerprint density at radius 1 is 1.43 bits per heavy atom. The van der Waals surface area contributed by atoms with E-state index in [1.54, 1.807) is 14.2 Å². The third-order valence-electron chi connectivity index (χ3n) is 3.95. The highest BCUT2D eigenvalue weighted by molar-refractivity contribution is 9.10. The van der Waals surface area contributed by atoms with Crippen molar-refractivity contribution in [3.63, 3.8) is 0 Å². The molecule has 0 aromatic heterocycles. The van der Waals surface area contributed by atoms with Crippen LogP contribution >= 0.6 is 15.9 Å². The summed E-state index contributed by atoms with van der Waals surface area (Å²) in [4.78, 5) is 7.11. The first-order chi connectivity index (χ1) is 11.2. The van der Waals surface area contributed by atoms with Crippen molar-refractivity contribution in [1.29, 1.82) is 0 Å². The second-order valence-electron chi connectivity index (χ2n) is 5.70.